The van der Waals surface area contributed by atoms with E-state index in [0.717, 1.165) is 36.2 Å². The first kappa shape index (κ1) is 19.7. The van der Waals surface area contributed by atoms with E-state index < -0.39 is 0 Å². The fourth-order valence-corrected chi connectivity index (χ4v) is 3.84. The van der Waals surface area contributed by atoms with Gasteiger partial charge in [-0.15, -0.1) is 0 Å². The van der Waals surface area contributed by atoms with Gasteiger partial charge in [-0.1, -0.05) is 12.1 Å². The standard InChI is InChI=1S/C22H24FN7O/c1-14-12-19(28-27-14)25-21-18-5-2-10-30(18)29-22(26-21)20(15-6-8-16(23)9-7-15)24-13-17-4-3-11-31-17/h2,5-10,12,17,20,24H,3-4,11,13H2,1H3,(H2,25,26,27,28,29)/t17-,20?/m0/s1. The molecule has 1 aromatic carbocycles. The van der Waals surface area contributed by atoms with Crippen molar-refractivity contribution < 1.29 is 9.13 Å². The molecule has 5 rings (SSSR count). The maximum absolute atomic E-state index is 13.6. The lowest BCUT2D eigenvalue weighted by atomic mass is 10.1. The van der Waals surface area contributed by atoms with Gasteiger partial charge in [-0.05, 0) is 49.6 Å². The number of halogens is 1. The van der Waals surface area contributed by atoms with Crippen LogP contribution in [0.5, 0.6) is 0 Å². The minimum absolute atomic E-state index is 0.155. The topological polar surface area (TPSA) is 92.2 Å². The van der Waals surface area contributed by atoms with Crippen LogP contribution in [-0.2, 0) is 4.74 Å². The van der Waals surface area contributed by atoms with Gasteiger partial charge in [0.05, 0.1) is 12.1 Å². The van der Waals surface area contributed by atoms with Gasteiger partial charge in [0.1, 0.15) is 11.3 Å². The molecule has 1 unspecified atom stereocenters. The summed E-state index contributed by atoms with van der Waals surface area (Å²) in [6.45, 7) is 3.39. The van der Waals surface area contributed by atoms with E-state index in [0.29, 0.717) is 24.0 Å². The van der Waals surface area contributed by atoms with Crippen LogP contribution in [0.25, 0.3) is 5.52 Å². The molecule has 160 valence electrons. The zero-order chi connectivity index (χ0) is 21.2. The second kappa shape index (κ2) is 8.44. The molecule has 2 atom stereocenters. The Hall–Kier alpha value is -3.30. The van der Waals surface area contributed by atoms with Gasteiger partial charge in [0.25, 0.3) is 0 Å². The quantitative estimate of drug-likeness (QED) is 0.423. The number of benzene rings is 1. The summed E-state index contributed by atoms with van der Waals surface area (Å²) in [5, 5.41) is 18.7. The number of ether oxygens (including phenoxy) is 1. The fourth-order valence-electron chi connectivity index (χ4n) is 3.84. The van der Waals surface area contributed by atoms with Crippen LogP contribution >= 0.6 is 0 Å². The molecule has 0 saturated carbocycles. The molecule has 4 aromatic rings. The van der Waals surface area contributed by atoms with Crippen molar-refractivity contribution in [2.24, 2.45) is 0 Å². The number of anilines is 2. The van der Waals surface area contributed by atoms with Crippen molar-refractivity contribution in [3.8, 4) is 0 Å². The van der Waals surface area contributed by atoms with Crippen LogP contribution in [0.15, 0.2) is 48.7 Å². The van der Waals surface area contributed by atoms with Crippen molar-refractivity contribution in [2.45, 2.75) is 31.9 Å². The van der Waals surface area contributed by atoms with Gasteiger partial charge in [-0.25, -0.2) is 13.9 Å². The molecule has 3 N–H and O–H groups in total. The van der Waals surface area contributed by atoms with E-state index in [1.807, 2.05) is 31.3 Å². The summed E-state index contributed by atoms with van der Waals surface area (Å²) in [6.07, 6.45) is 4.12. The molecule has 8 nitrogen and oxygen atoms in total. The van der Waals surface area contributed by atoms with Crippen molar-refractivity contribution in [3.05, 3.63) is 71.6 Å². The second-order valence-corrected chi connectivity index (χ2v) is 7.75. The Labute approximate surface area is 178 Å². The lowest BCUT2D eigenvalue weighted by Gasteiger charge is -2.21. The number of aromatic amines is 1. The molecule has 1 saturated heterocycles. The Morgan fingerprint density at radius 1 is 1.29 bits per heavy atom. The molecular formula is C22H24FN7O. The Morgan fingerprint density at radius 2 is 2.16 bits per heavy atom. The smallest absolute Gasteiger partial charge is 0.173 e. The first-order chi connectivity index (χ1) is 15.2. The molecule has 4 heterocycles. The number of aromatic nitrogens is 5. The number of nitrogens with one attached hydrogen (secondary N) is 3. The van der Waals surface area contributed by atoms with Gasteiger partial charge in [-0.3, -0.25) is 5.10 Å². The largest absolute Gasteiger partial charge is 0.377 e. The van der Waals surface area contributed by atoms with Crippen LogP contribution in [0, 0.1) is 12.7 Å². The predicted molar refractivity (Wildman–Crippen MR) is 115 cm³/mol. The van der Waals surface area contributed by atoms with Crippen molar-refractivity contribution >= 4 is 17.2 Å². The highest BCUT2D eigenvalue weighted by molar-refractivity contribution is 5.72. The number of hydrogen-bond donors (Lipinski definition) is 3. The van der Waals surface area contributed by atoms with E-state index in [4.69, 9.17) is 14.8 Å². The van der Waals surface area contributed by atoms with E-state index in [1.165, 1.54) is 12.1 Å². The maximum atomic E-state index is 13.6. The van der Waals surface area contributed by atoms with Crippen molar-refractivity contribution in [2.75, 3.05) is 18.5 Å². The van der Waals surface area contributed by atoms with Crippen molar-refractivity contribution in [1.29, 1.82) is 0 Å². The van der Waals surface area contributed by atoms with Crippen molar-refractivity contribution in [3.63, 3.8) is 0 Å². The minimum Gasteiger partial charge on any atom is -0.377 e. The summed E-state index contributed by atoms with van der Waals surface area (Å²) in [5.74, 6) is 1.62. The first-order valence-corrected chi connectivity index (χ1v) is 10.4. The first-order valence-electron chi connectivity index (χ1n) is 10.4. The van der Waals surface area contributed by atoms with Crippen LogP contribution in [-0.4, -0.2) is 44.1 Å². The van der Waals surface area contributed by atoms with E-state index in [2.05, 4.69) is 20.8 Å². The van der Waals surface area contributed by atoms with Crippen molar-refractivity contribution in [1.82, 2.24) is 30.1 Å². The van der Waals surface area contributed by atoms with E-state index in [1.54, 1.807) is 16.6 Å². The Bertz CT molecular complexity index is 1160. The summed E-state index contributed by atoms with van der Waals surface area (Å²) in [6, 6.07) is 11.9. The Balaban J connectivity index is 1.52. The van der Waals surface area contributed by atoms with Gasteiger partial charge in [-0.2, -0.15) is 10.2 Å². The highest BCUT2D eigenvalue weighted by atomic mass is 19.1. The average molecular weight is 421 g/mol. The summed E-state index contributed by atoms with van der Waals surface area (Å²) < 4.78 is 21.1. The number of H-pyrrole nitrogens is 1. The van der Waals surface area contributed by atoms with E-state index >= 15 is 0 Å². The number of nitrogens with zero attached hydrogens (tertiary/aromatic N) is 4. The van der Waals surface area contributed by atoms with Crippen LogP contribution in [0.2, 0.25) is 0 Å². The third-order valence-corrected chi connectivity index (χ3v) is 5.39. The summed E-state index contributed by atoms with van der Waals surface area (Å²) in [4.78, 5) is 4.83. The highest BCUT2D eigenvalue weighted by Gasteiger charge is 2.23. The predicted octanol–water partition coefficient (Wildman–Crippen LogP) is 3.50. The summed E-state index contributed by atoms with van der Waals surface area (Å²) in [5.41, 5.74) is 2.67. The molecule has 1 fully saturated rings. The molecule has 0 radical (unpaired) electrons. The lowest BCUT2D eigenvalue weighted by molar-refractivity contribution is 0.108. The molecular weight excluding hydrogens is 397 g/mol. The molecule has 31 heavy (non-hydrogen) atoms. The van der Waals surface area contributed by atoms with Gasteiger partial charge in [0.2, 0.25) is 0 Å². The van der Waals surface area contributed by atoms with E-state index in [9.17, 15) is 4.39 Å². The van der Waals surface area contributed by atoms with Gasteiger partial charge in [0.15, 0.2) is 17.5 Å². The molecule has 3 aromatic heterocycles. The van der Waals surface area contributed by atoms with Crippen LogP contribution in [0.4, 0.5) is 16.0 Å². The molecule has 0 bridgehead atoms. The third kappa shape index (κ3) is 4.28. The zero-order valence-electron chi connectivity index (χ0n) is 17.2. The monoisotopic (exact) mass is 421 g/mol. The molecule has 0 spiro atoms. The fraction of sp³-hybridized carbons (Fsp3) is 0.318. The Kier molecular flexibility index (Phi) is 5.35. The van der Waals surface area contributed by atoms with Crippen LogP contribution in [0.3, 0.4) is 0 Å². The Morgan fingerprint density at radius 3 is 2.90 bits per heavy atom. The van der Waals surface area contributed by atoms with Crippen LogP contribution in [0.1, 0.15) is 36.0 Å². The highest BCUT2D eigenvalue weighted by Crippen LogP contribution is 2.25. The number of aryl methyl sites for hydroxylation is 1. The van der Waals surface area contributed by atoms with E-state index in [-0.39, 0.29) is 18.0 Å². The SMILES string of the molecule is Cc1cc(Nc2nc(C(NC[C@@H]3CCCO3)c3ccc(F)cc3)nn3cccc23)n[nH]1. The third-order valence-electron chi connectivity index (χ3n) is 5.39. The van der Waals surface area contributed by atoms with Gasteiger partial charge < -0.3 is 15.4 Å². The maximum Gasteiger partial charge on any atom is 0.173 e. The number of hydrogen-bond acceptors (Lipinski definition) is 6. The number of rotatable bonds is 7. The van der Waals surface area contributed by atoms with Gasteiger partial charge in [0, 0.05) is 31.1 Å². The summed E-state index contributed by atoms with van der Waals surface area (Å²) in [7, 11) is 0. The molecule has 1 aliphatic heterocycles. The number of fused-ring (bicyclic) bond motifs is 1. The molecule has 1 aliphatic rings. The summed E-state index contributed by atoms with van der Waals surface area (Å²) >= 11 is 0. The lowest BCUT2D eigenvalue weighted by Crippen LogP contribution is -2.32. The van der Waals surface area contributed by atoms with Crippen LogP contribution < -0.4 is 10.6 Å². The molecule has 0 amide bonds. The normalized spacial score (nSPS) is 17.3. The molecule has 0 aliphatic carbocycles. The average Bonchev–Trinajstić information content (AvgIpc) is 3.52. The van der Waals surface area contributed by atoms with Gasteiger partial charge >= 0.3 is 0 Å². The minimum atomic E-state index is -0.321. The second-order valence-electron chi connectivity index (χ2n) is 7.75. The zero-order valence-corrected chi connectivity index (χ0v) is 17.2. The molecule has 9 heteroatoms.